The summed E-state index contributed by atoms with van der Waals surface area (Å²) in [7, 11) is 0. The Bertz CT molecular complexity index is 192. The molecule has 3 fully saturated rings. The fraction of sp³-hybridized carbons (Fsp3) is 1.00. The lowest BCUT2D eigenvalue weighted by molar-refractivity contribution is 0.00442. The van der Waals surface area contributed by atoms with Gasteiger partial charge in [0.2, 0.25) is 0 Å². The van der Waals surface area contributed by atoms with E-state index in [-0.39, 0.29) is 0 Å². The van der Waals surface area contributed by atoms with Gasteiger partial charge in [-0.3, -0.25) is 0 Å². The highest BCUT2D eigenvalue weighted by molar-refractivity contribution is 5.01. The van der Waals surface area contributed by atoms with Gasteiger partial charge in [-0.15, -0.1) is 0 Å². The molecule has 0 aromatic heterocycles. The van der Waals surface area contributed by atoms with Crippen LogP contribution in [0.4, 0.5) is 0 Å². The highest BCUT2D eigenvalue weighted by Crippen LogP contribution is 2.51. The van der Waals surface area contributed by atoms with Gasteiger partial charge in [0.05, 0.1) is 0 Å². The molecular weight excluding hydrogens is 160 g/mol. The van der Waals surface area contributed by atoms with E-state index < -0.39 is 0 Å². The average Bonchev–Trinajstić information content (AvgIpc) is 2.49. The van der Waals surface area contributed by atoms with Crippen LogP contribution in [0.25, 0.3) is 0 Å². The maximum absolute atomic E-state index is 3.54. The summed E-state index contributed by atoms with van der Waals surface area (Å²) in [5, 5.41) is 3.54. The van der Waals surface area contributed by atoms with Crippen LogP contribution in [-0.2, 0) is 0 Å². The fourth-order valence-electron chi connectivity index (χ4n) is 3.24. The molecule has 0 radical (unpaired) electrons. The SMILES string of the molecule is C1CN(CC2CC[C@@]23CCNC3)C1. The van der Waals surface area contributed by atoms with Gasteiger partial charge in [-0.05, 0) is 56.7 Å². The standard InChI is InChI=1S/C11H20N2/c1-6-13(7-1)8-10-2-3-11(10)4-5-12-9-11/h10,12H,1-9H2/t10?,11-/m0/s1. The molecule has 1 aliphatic carbocycles. The Kier molecular flexibility index (Phi) is 1.88. The summed E-state index contributed by atoms with van der Waals surface area (Å²) in [6, 6.07) is 0. The first kappa shape index (κ1) is 8.25. The first-order valence-corrected chi connectivity index (χ1v) is 5.82. The van der Waals surface area contributed by atoms with Gasteiger partial charge in [0.1, 0.15) is 0 Å². The maximum Gasteiger partial charge on any atom is 0.00155 e. The molecule has 2 saturated heterocycles. The van der Waals surface area contributed by atoms with Crippen molar-refractivity contribution in [3.05, 3.63) is 0 Å². The van der Waals surface area contributed by atoms with Crippen LogP contribution < -0.4 is 5.32 Å². The van der Waals surface area contributed by atoms with Crippen molar-refractivity contribution in [2.45, 2.75) is 25.7 Å². The largest absolute Gasteiger partial charge is 0.316 e. The quantitative estimate of drug-likeness (QED) is 0.684. The van der Waals surface area contributed by atoms with Crippen molar-refractivity contribution in [3.63, 3.8) is 0 Å². The van der Waals surface area contributed by atoms with E-state index in [0.717, 1.165) is 11.3 Å². The van der Waals surface area contributed by atoms with Gasteiger partial charge >= 0.3 is 0 Å². The molecule has 2 heterocycles. The Labute approximate surface area is 80.7 Å². The summed E-state index contributed by atoms with van der Waals surface area (Å²) in [6.07, 6.45) is 5.89. The molecular formula is C11H20N2. The maximum atomic E-state index is 3.54. The van der Waals surface area contributed by atoms with Crippen LogP contribution in [0.5, 0.6) is 0 Å². The van der Waals surface area contributed by atoms with Crippen molar-refractivity contribution in [2.24, 2.45) is 11.3 Å². The zero-order valence-electron chi connectivity index (χ0n) is 8.39. The fourth-order valence-corrected chi connectivity index (χ4v) is 3.24. The zero-order valence-corrected chi connectivity index (χ0v) is 8.39. The first-order chi connectivity index (χ1) is 6.39. The lowest BCUT2D eigenvalue weighted by atomic mass is 9.59. The summed E-state index contributed by atoms with van der Waals surface area (Å²) in [4.78, 5) is 2.64. The number of likely N-dealkylation sites (tertiary alicyclic amines) is 1. The molecule has 3 aliphatic rings. The molecule has 0 aromatic rings. The Morgan fingerprint density at radius 3 is 2.69 bits per heavy atom. The molecule has 0 bridgehead atoms. The third kappa shape index (κ3) is 1.23. The van der Waals surface area contributed by atoms with Crippen molar-refractivity contribution in [1.82, 2.24) is 10.2 Å². The molecule has 1 saturated carbocycles. The third-order valence-corrected chi connectivity index (χ3v) is 4.56. The topological polar surface area (TPSA) is 15.3 Å². The second kappa shape index (κ2) is 2.96. The van der Waals surface area contributed by atoms with E-state index in [4.69, 9.17) is 0 Å². The van der Waals surface area contributed by atoms with E-state index in [1.54, 1.807) is 0 Å². The van der Waals surface area contributed by atoms with Gasteiger partial charge in [-0.2, -0.15) is 0 Å². The summed E-state index contributed by atoms with van der Waals surface area (Å²) < 4.78 is 0. The number of hydrogen-bond acceptors (Lipinski definition) is 2. The van der Waals surface area contributed by atoms with Crippen molar-refractivity contribution >= 4 is 0 Å². The third-order valence-electron chi connectivity index (χ3n) is 4.56. The minimum absolute atomic E-state index is 0.746. The minimum atomic E-state index is 0.746. The smallest absolute Gasteiger partial charge is 0.00155 e. The van der Waals surface area contributed by atoms with E-state index in [9.17, 15) is 0 Å². The number of nitrogens with one attached hydrogen (secondary N) is 1. The van der Waals surface area contributed by atoms with E-state index in [2.05, 4.69) is 10.2 Å². The molecule has 13 heavy (non-hydrogen) atoms. The molecule has 3 rings (SSSR count). The Morgan fingerprint density at radius 1 is 1.31 bits per heavy atom. The van der Waals surface area contributed by atoms with Gasteiger partial charge in [-0.1, -0.05) is 0 Å². The Morgan fingerprint density at radius 2 is 2.23 bits per heavy atom. The molecule has 1 unspecified atom stereocenters. The molecule has 0 amide bonds. The molecule has 1 N–H and O–H groups in total. The van der Waals surface area contributed by atoms with E-state index in [1.165, 1.54) is 58.4 Å². The highest BCUT2D eigenvalue weighted by atomic mass is 15.2. The number of rotatable bonds is 2. The predicted molar refractivity (Wildman–Crippen MR) is 53.7 cm³/mol. The molecule has 2 atom stereocenters. The van der Waals surface area contributed by atoms with Crippen LogP contribution in [0, 0.1) is 11.3 Å². The second-order valence-electron chi connectivity index (χ2n) is 5.18. The molecule has 2 aliphatic heterocycles. The second-order valence-corrected chi connectivity index (χ2v) is 5.18. The van der Waals surface area contributed by atoms with Crippen molar-refractivity contribution in [2.75, 3.05) is 32.7 Å². The van der Waals surface area contributed by atoms with Crippen LogP contribution in [0.2, 0.25) is 0 Å². The summed E-state index contributed by atoms with van der Waals surface area (Å²) in [6.45, 7) is 6.74. The van der Waals surface area contributed by atoms with Gasteiger partial charge in [0.15, 0.2) is 0 Å². The molecule has 1 spiro atoms. The summed E-state index contributed by atoms with van der Waals surface area (Å²) >= 11 is 0. The van der Waals surface area contributed by atoms with Crippen LogP contribution in [0.1, 0.15) is 25.7 Å². The lowest BCUT2D eigenvalue weighted by Crippen LogP contribution is -2.50. The van der Waals surface area contributed by atoms with Crippen molar-refractivity contribution < 1.29 is 0 Å². The van der Waals surface area contributed by atoms with Gasteiger partial charge in [0.25, 0.3) is 0 Å². The monoisotopic (exact) mass is 180 g/mol. The Balaban J connectivity index is 1.58. The number of hydrogen-bond donors (Lipinski definition) is 1. The van der Waals surface area contributed by atoms with E-state index >= 15 is 0 Å². The molecule has 0 aromatic carbocycles. The average molecular weight is 180 g/mol. The van der Waals surface area contributed by atoms with Gasteiger partial charge in [0, 0.05) is 13.1 Å². The summed E-state index contributed by atoms with van der Waals surface area (Å²) in [5.41, 5.74) is 0.746. The van der Waals surface area contributed by atoms with Crippen LogP contribution in [-0.4, -0.2) is 37.6 Å². The lowest BCUT2D eigenvalue weighted by Gasteiger charge is -2.50. The van der Waals surface area contributed by atoms with E-state index in [1.807, 2.05) is 0 Å². The molecule has 2 nitrogen and oxygen atoms in total. The zero-order chi connectivity index (χ0) is 8.73. The van der Waals surface area contributed by atoms with Crippen molar-refractivity contribution in [3.8, 4) is 0 Å². The summed E-state index contributed by atoms with van der Waals surface area (Å²) in [5.74, 6) is 1.03. The van der Waals surface area contributed by atoms with Crippen LogP contribution in [0.3, 0.4) is 0 Å². The highest BCUT2D eigenvalue weighted by Gasteiger charge is 2.48. The Hall–Kier alpha value is -0.0800. The molecule has 2 heteroatoms. The molecule has 74 valence electrons. The van der Waals surface area contributed by atoms with Crippen molar-refractivity contribution in [1.29, 1.82) is 0 Å². The van der Waals surface area contributed by atoms with Gasteiger partial charge < -0.3 is 10.2 Å². The normalized spacial score (nSPS) is 44.8. The predicted octanol–water partition coefficient (Wildman–Crippen LogP) is 1.08. The van der Waals surface area contributed by atoms with E-state index in [0.29, 0.717) is 0 Å². The number of nitrogens with zero attached hydrogens (tertiary/aromatic N) is 1. The van der Waals surface area contributed by atoms with Crippen LogP contribution >= 0.6 is 0 Å². The van der Waals surface area contributed by atoms with Crippen LogP contribution in [0.15, 0.2) is 0 Å². The minimum Gasteiger partial charge on any atom is -0.316 e. The first-order valence-electron chi connectivity index (χ1n) is 5.82. The van der Waals surface area contributed by atoms with Gasteiger partial charge in [-0.25, -0.2) is 0 Å².